The van der Waals surface area contributed by atoms with Crippen molar-refractivity contribution in [3.8, 4) is 5.75 Å². The van der Waals surface area contributed by atoms with Crippen molar-refractivity contribution in [2.75, 3.05) is 18.5 Å². The summed E-state index contributed by atoms with van der Waals surface area (Å²) in [5.41, 5.74) is 2.93. The number of hydrogen-bond acceptors (Lipinski definition) is 3. The molecular weight excluding hydrogens is 266 g/mol. The first kappa shape index (κ1) is 14.9. The van der Waals surface area contributed by atoms with Crippen molar-refractivity contribution in [1.29, 1.82) is 0 Å². The molecule has 0 saturated heterocycles. The fraction of sp³-hybridized carbons (Fsp3) is 0.235. The van der Waals surface area contributed by atoms with Crippen LogP contribution in [0.3, 0.4) is 0 Å². The molecule has 1 amide bonds. The Labute approximate surface area is 124 Å². The van der Waals surface area contributed by atoms with E-state index in [0.29, 0.717) is 6.61 Å². The summed E-state index contributed by atoms with van der Waals surface area (Å²) in [6.07, 6.45) is -0.478. The summed E-state index contributed by atoms with van der Waals surface area (Å²) in [5.74, 6) is 0.776. The number of carbonyl (C=O) groups excluding carboxylic acids is 1. The van der Waals surface area contributed by atoms with Gasteiger partial charge in [-0.2, -0.15) is 0 Å². The summed E-state index contributed by atoms with van der Waals surface area (Å²) in [5, 5.41) is 2.67. The van der Waals surface area contributed by atoms with Crippen molar-refractivity contribution in [1.82, 2.24) is 0 Å². The van der Waals surface area contributed by atoms with Crippen LogP contribution in [-0.2, 0) is 4.74 Å². The van der Waals surface area contributed by atoms with Crippen LogP contribution in [0.15, 0.2) is 48.5 Å². The van der Waals surface area contributed by atoms with Crippen LogP contribution in [0, 0.1) is 13.8 Å². The van der Waals surface area contributed by atoms with Crippen molar-refractivity contribution >= 4 is 11.8 Å². The molecule has 0 spiro atoms. The summed E-state index contributed by atoms with van der Waals surface area (Å²) in [6, 6.07) is 15.3. The Balaban J connectivity index is 1.70. The van der Waals surface area contributed by atoms with E-state index in [1.807, 2.05) is 62.4 Å². The first-order chi connectivity index (χ1) is 10.1. The molecule has 0 heterocycles. The molecule has 0 bridgehead atoms. The third-order valence-corrected chi connectivity index (χ3v) is 2.84. The third-order valence-electron chi connectivity index (χ3n) is 2.84. The highest BCUT2D eigenvalue weighted by atomic mass is 16.6. The van der Waals surface area contributed by atoms with Gasteiger partial charge in [-0.25, -0.2) is 4.79 Å². The molecule has 0 aromatic heterocycles. The predicted molar refractivity (Wildman–Crippen MR) is 82.8 cm³/mol. The van der Waals surface area contributed by atoms with Gasteiger partial charge >= 0.3 is 6.09 Å². The molecule has 2 aromatic rings. The summed E-state index contributed by atoms with van der Waals surface area (Å²) in [6.45, 7) is 4.49. The van der Waals surface area contributed by atoms with E-state index in [9.17, 15) is 4.79 Å². The second-order valence-corrected chi connectivity index (χ2v) is 4.80. The van der Waals surface area contributed by atoms with Gasteiger partial charge in [-0.15, -0.1) is 0 Å². The Morgan fingerprint density at radius 2 is 1.71 bits per heavy atom. The fourth-order valence-electron chi connectivity index (χ4n) is 1.88. The van der Waals surface area contributed by atoms with Gasteiger partial charge in [0.05, 0.1) is 0 Å². The molecule has 0 radical (unpaired) electrons. The van der Waals surface area contributed by atoms with Crippen molar-refractivity contribution in [2.45, 2.75) is 13.8 Å². The molecule has 0 aliphatic rings. The number of rotatable bonds is 5. The van der Waals surface area contributed by atoms with Gasteiger partial charge in [0.1, 0.15) is 19.0 Å². The van der Waals surface area contributed by atoms with Crippen LogP contribution >= 0.6 is 0 Å². The minimum atomic E-state index is -0.478. The summed E-state index contributed by atoms with van der Waals surface area (Å²) in [4.78, 5) is 11.6. The van der Waals surface area contributed by atoms with Crippen LogP contribution < -0.4 is 10.1 Å². The van der Waals surface area contributed by atoms with E-state index < -0.39 is 6.09 Å². The topological polar surface area (TPSA) is 47.6 Å². The fourth-order valence-corrected chi connectivity index (χ4v) is 1.88. The van der Waals surface area contributed by atoms with E-state index in [-0.39, 0.29) is 6.61 Å². The number of ether oxygens (including phenoxy) is 2. The van der Waals surface area contributed by atoms with Crippen LogP contribution in [-0.4, -0.2) is 19.3 Å². The van der Waals surface area contributed by atoms with Gasteiger partial charge in [0.15, 0.2) is 0 Å². The number of anilines is 1. The molecule has 0 fully saturated rings. The SMILES string of the molecule is Cc1cccc(NC(=O)OCCOc2cccc(C)c2)c1. The molecular formula is C17H19NO3. The van der Waals surface area contributed by atoms with Gasteiger partial charge in [0, 0.05) is 5.69 Å². The molecule has 0 atom stereocenters. The lowest BCUT2D eigenvalue weighted by Gasteiger charge is -2.09. The Hall–Kier alpha value is -2.49. The average molecular weight is 285 g/mol. The van der Waals surface area contributed by atoms with E-state index in [0.717, 1.165) is 22.6 Å². The number of carbonyl (C=O) groups is 1. The van der Waals surface area contributed by atoms with E-state index in [1.54, 1.807) is 0 Å². The zero-order valence-corrected chi connectivity index (χ0v) is 12.3. The number of hydrogen-bond donors (Lipinski definition) is 1. The molecule has 1 N–H and O–H groups in total. The van der Waals surface area contributed by atoms with Crippen LogP contribution in [0.4, 0.5) is 10.5 Å². The maximum Gasteiger partial charge on any atom is 0.411 e. The maximum absolute atomic E-state index is 11.6. The zero-order chi connectivity index (χ0) is 15.1. The molecule has 0 aliphatic heterocycles. The molecule has 2 aromatic carbocycles. The maximum atomic E-state index is 11.6. The number of benzene rings is 2. The highest BCUT2D eigenvalue weighted by molar-refractivity contribution is 5.84. The van der Waals surface area contributed by atoms with Crippen molar-refractivity contribution in [2.24, 2.45) is 0 Å². The van der Waals surface area contributed by atoms with Gasteiger partial charge in [0.2, 0.25) is 0 Å². The summed E-state index contributed by atoms with van der Waals surface area (Å²) < 4.78 is 10.6. The third kappa shape index (κ3) is 5.18. The summed E-state index contributed by atoms with van der Waals surface area (Å²) >= 11 is 0. The molecule has 2 rings (SSSR count). The highest BCUT2D eigenvalue weighted by Crippen LogP contribution is 2.12. The molecule has 0 saturated carbocycles. The van der Waals surface area contributed by atoms with E-state index in [1.165, 1.54) is 0 Å². The standard InChI is InChI=1S/C17H19NO3/c1-13-5-3-7-15(11-13)18-17(19)21-10-9-20-16-8-4-6-14(2)12-16/h3-8,11-12H,9-10H2,1-2H3,(H,18,19). The van der Waals surface area contributed by atoms with Crippen molar-refractivity contribution in [3.05, 3.63) is 59.7 Å². The van der Waals surface area contributed by atoms with Gasteiger partial charge in [0.25, 0.3) is 0 Å². The van der Waals surface area contributed by atoms with E-state index >= 15 is 0 Å². The molecule has 0 aliphatic carbocycles. The Bertz CT molecular complexity index is 610. The smallest absolute Gasteiger partial charge is 0.411 e. The first-order valence-corrected chi connectivity index (χ1v) is 6.83. The second kappa shape index (κ2) is 7.33. The minimum Gasteiger partial charge on any atom is -0.490 e. The highest BCUT2D eigenvalue weighted by Gasteiger charge is 2.03. The molecule has 110 valence electrons. The first-order valence-electron chi connectivity index (χ1n) is 6.83. The number of aryl methyl sites for hydroxylation is 2. The zero-order valence-electron chi connectivity index (χ0n) is 12.3. The summed E-state index contributed by atoms with van der Waals surface area (Å²) in [7, 11) is 0. The monoisotopic (exact) mass is 285 g/mol. The molecule has 4 nitrogen and oxygen atoms in total. The number of nitrogens with one attached hydrogen (secondary N) is 1. The molecule has 4 heteroatoms. The van der Waals surface area contributed by atoms with Crippen LogP contribution in [0.5, 0.6) is 5.75 Å². The normalized spacial score (nSPS) is 10.0. The van der Waals surface area contributed by atoms with E-state index in [2.05, 4.69) is 5.32 Å². The lowest BCUT2D eigenvalue weighted by molar-refractivity contribution is 0.138. The van der Waals surface area contributed by atoms with Gasteiger partial charge in [-0.3, -0.25) is 5.32 Å². The second-order valence-electron chi connectivity index (χ2n) is 4.80. The van der Waals surface area contributed by atoms with E-state index in [4.69, 9.17) is 9.47 Å². The predicted octanol–water partition coefficient (Wildman–Crippen LogP) is 3.93. The lowest BCUT2D eigenvalue weighted by Crippen LogP contribution is -2.17. The van der Waals surface area contributed by atoms with Gasteiger partial charge in [-0.1, -0.05) is 24.3 Å². The Morgan fingerprint density at radius 3 is 2.43 bits per heavy atom. The minimum absolute atomic E-state index is 0.200. The van der Waals surface area contributed by atoms with Gasteiger partial charge < -0.3 is 9.47 Å². The van der Waals surface area contributed by atoms with Crippen molar-refractivity contribution in [3.63, 3.8) is 0 Å². The number of amides is 1. The molecule has 21 heavy (non-hydrogen) atoms. The quantitative estimate of drug-likeness (QED) is 0.847. The Kier molecular flexibility index (Phi) is 5.21. The average Bonchev–Trinajstić information content (AvgIpc) is 2.44. The van der Waals surface area contributed by atoms with Gasteiger partial charge in [-0.05, 0) is 49.2 Å². The van der Waals surface area contributed by atoms with Crippen molar-refractivity contribution < 1.29 is 14.3 Å². The molecule has 0 unspecified atom stereocenters. The lowest BCUT2D eigenvalue weighted by atomic mass is 10.2. The van der Waals surface area contributed by atoms with Crippen LogP contribution in [0.2, 0.25) is 0 Å². The van der Waals surface area contributed by atoms with Crippen LogP contribution in [0.25, 0.3) is 0 Å². The van der Waals surface area contributed by atoms with Crippen LogP contribution in [0.1, 0.15) is 11.1 Å². The Morgan fingerprint density at radius 1 is 1.00 bits per heavy atom. The largest absolute Gasteiger partial charge is 0.490 e.